The van der Waals surface area contributed by atoms with Crippen LogP contribution in [0.15, 0.2) is 212 Å². The minimum Gasteiger partial charge on any atom is -0.208 e. The number of hydrogen-bond acceptors (Lipinski definition) is 3. The van der Waals surface area contributed by atoms with E-state index in [1.54, 1.807) is 0 Å². The Kier molecular flexibility index (Phi) is 8.04. The highest BCUT2D eigenvalue weighted by Crippen LogP contribution is 2.56. The van der Waals surface area contributed by atoms with Gasteiger partial charge in [-0.05, 0) is 67.8 Å². The van der Waals surface area contributed by atoms with E-state index < -0.39 is 5.41 Å². The van der Waals surface area contributed by atoms with E-state index in [-0.39, 0.29) is 0 Å². The highest BCUT2D eigenvalue weighted by Gasteiger charge is 2.45. The van der Waals surface area contributed by atoms with Crippen molar-refractivity contribution >= 4 is 0 Å². The smallest absolute Gasteiger partial charge is 0.164 e. The molecule has 0 radical (unpaired) electrons. The third-order valence-corrected chi connectivity index (χ3v) is 10.8. The first-order valence-corrected chi connectivity index (χ1v) is 18.7. The van der Waals surface area contributed by atoms with Crippen molar-refractivity contribution in [3.63, 3.8) is 0 Å². The molecule has 0 aliphatic heterocycles. The van der Waals surface area contributed by atoms with Crippen molar-refractivity contribution in [1.82, 2.24) is 15.0 Å². The lowest BCUT2D eigenvalue weighted by Gasteiger charge is -2.34. The minimum atomic E-state index is -0.466. The summed E-state index contributed by atoms with van der Waals surface area (Å²) in [6, 6.07) is 75.3. The number of nitrogens with zero attached hydrogens (tertiary/aromatic N) is 3. The van der Waals surface area contributed by atoms with Crippen molar-refractivity contribution in [2.75, 3.05) is 0 Å². The highest BCUT2D eigenvalue weighted by molar-refractivity contribution is 5.87. The summed E-state index contributed by atoms with van der Waals surface area (Å²) < 4.78 is 0. The van der Waals surface area contributed by atoms with Crippen molar-refractivity contribution in [3.05, 3.63) is 235 Å². The minimum absolute atomic E-state index is 0.466. The molecule has 1 aromatic heterocycles. The van der Waals surface area contributed by atoms with Crippen LogP contribution >= 0.6 is 0 Å². The van der Waals surface area contributed by atoms with E-state index in [2.05, 4.69) is 176 Å². The lowest BCUT2D eigenvalue weighted by atomic mass is 9.67. The van der Waals surface area contributed by atoms with Gasteiger partial charge in [0.15, 0.2) is 17.5 Å². The molecule has 1 aliphatic carbocycles. The van der Waals surface area contributed by atoms with Crippen LogP contribution in [0.2, 0.25) is 0 Å². The Hall–Kier alpha value is -7.23. The molecule has 0 unspecified atom stereocenters. The average molecular weight is 702 g/mol. The molecule has 3 nitrogen and oxygen atoms in total. The molecular formula is C52H35N3. The molecule has 9 aromatic rings. The van der Waals surface area contributed by atoms with Gasteiger partial charge < -0.3 is 0 Å². The molecule has 3 heteroatoms. The van der Waals surface area contributed by atoms with Crippen LogP contribution in [-0.2, 0) is 5.41 Å². The Morgan fingerprint density at radius 2 is 0.636 bits per heavy atom. The maximum absolute atomic E-state index is 5.10. The van der Waals surface area contributed by atoms with Gasteiger partial charge in [-0.15, -0.1) is 0 Å². The second-order valence-corrected chi connectivity index (χ2v) is 14.0. The Morgan fingerprint density at radius 1 is 0.255 bits per heavy atom. The Labute approximate surface area is 321 Å². The predicted molar refractivity (Wildman–Crippen MR) is 224 cm³/mol. The van der Waals surface area contributed by atoms with Gasteiger partial charge in [0.25, 0.3) is 0 Å². The molecule has 8 aromatic carbocycles. The first-order valence-electron chi connectivity index (χ1n) is 18.7. The van der Waals surface area contributed by atoms with E-state index in [0.717, 1.165) is 33.4 Å². The lowest BCUT2D eigenvalue weighted by Crippen LogP contribution is -2.28. The molecule has 0 bridgehead atoms. The van der Waals surface area contributed by atoms with Crippen LogP contribution in [0.1, 0.15) is 22.3 Å². The van der Waals surface area contributed by atoms with Gasteiger partial charge in [0.1, 0.15) is 0 Å². The van der Waals surface area contributed by atoms with Crippen LogP contribution < -0.4 is 0 Å². The summed E-state index contributed by atoms with van der Waals surface area (Å²) in [5, 5.41) is 0. The van der Waals surface area contributed by atoms with Crippen molar-refractivity contribution in [2.24, 2.45) is 0 Å². The molecule has 0 saturated heterocycles. The number of fused-ring (bicyclic) bond motifs is 3. The van der Waals surface area contributed by atoms with Crippen LogP contribution in [0.3, 0.4) is 0 Å². The summed E-state index contributed by atoms with van der Waals surface area (Å²) >= 11 is 0. The van der Waals surface area contributed by atoms with Gasteiger partial charge in [0.2, 0.25) is 0 Å². The van der Waals surface area contributed by atoms with Crippen molar-refractivity contribution in [2.45, 2.75) is 5.41 Å². The summed E-state index contributed by atoms with van der Waals surface area (Å²) in [6.45, 7) is 0. The zero-order valence-electron chi connectivity index (χ0n) is 30.0. The third-order valence-electron chi connectivity index (χ3n) is 10.8. The largest absolute Gasteiger partial charge is 0.208 e. The standard InChI is InChI=1S/C52H35N3/c1-4-16-36(17-5-1)37-30-32-39(33-31-37)50-53-49(38-18-6-2-7-19-38)54-51(55-50)42-22-14-20-40(34-42)41-21-15-25-44(35-41)52(43-23-8-3-9-24-43)47-28-12-10-26-45(47)46-27-11-13-29-48(46)52/h1-35H. The predicted octanol–water partition coefficient (Wildman–Crippen LogP) is 12.6. The molecule has 1 aliphatic rings. The van der Waals surface area contributed by atoms with E-state index >= 15 is 0 Å². The SMILES string of the molecule is c1ccc(-c2ccc(-c3nc(-c4ccccc4)nc(-c4cccc(-c5cccc(C6(c7ccccc7)c7ccccc7-c7ccccc76)c5)c4)n3)cc2)cc1. The van der Waals surface area contributed by atoms with E-state index in [1.807, 2.05) is 36.4 Å². The highest BCUT2D eigenvalue weighted by atomic mass is 15.0. The molecule has 1 heterocycles. The fraction of sp³-hybridized carbons (Fsp3) is 0.0192. The van der Waals surface area contributed by atoms with Gasteiger partial charge in [-0.1, -0.05) is 200 Å². The van der Waals surface area contributed by atoms with Crippen LogP contribution in [0.5, 0.6) is 0 Å². The summed E-state index contributed by atoms with van der Waals surface area (Å²) in [6.07, 6.45) is 0. The number of hydrogen-bond donors (Lipinski definition) is 0. The molecule has 10 rings (SSSR count). The second-order valence-electron chi connectivity index (χ2n) is 14.0. The summed E-state index contributed by atoms with van der Waals surface area (Å²) in [5.41, 5.74) is 14.5. The molecular weight excluding hydrogens is 667 g/mol. The third kappa shape index (κ3) is 5.65. The first-order chi connectivity index (χ1) is 27.3. The van der Waals surface area contributed by atoms with Gasteiger partial charge in [-0.25, -0.2) is 15.0 Å². The zero-order valence-corrected chi connectivity index (χ0v) is 30.0. The first kappa shape index (κ1) is 32.4. The number of rotatable bonds is 7. The van der Waals surface area contributed by atoms with Gasteiger partial charge >= 0.3 is 0 Å². The second kappa shape index (κ2) is 13.6. The van der Waals surface area contributed by atoms with Crippen LogP contribution in [-0.4, -0.2) is 15.0 Å². The molecule has 0 atom stereocenters. The zero-order chi connectivity index (χ0) is 36.6. The summed E-state index contributed by atoms with van der Waals surface area (Å²) in [4.78, 5) is 15.1. The van der Waals surface area contributed by atoms with Crippen LogP contribution in [0.4, 0.5) is 0 Å². The van der Waals surface area contributed by atoms with E-state index in [9.17, 15) is 0 Å². The molecule has 0 amide bonds. The summed E-state index contributed by atoms with van der Waals surface area (Å²) in [5.74, 6) is 1.91. The molecule has 0 N–H and O–H groups in total. The van der Waals surface area contributed by atoms with E-state index in [0.29, 0.717) is 17.5 Å². The fourth-order valence-electron chi connectivity index (χ4n) is 8.27. The van der Waals surface area contributed by atoms with Crippen molar-refractivity contribution in [1.29, 1.82) is 0 Å². The van der Waals surface area contributed by atoms with Gasteiger partial charge in [0.05, 0.1) is 5.41 Å². The van der Waals surface area contributed by atoms with E-state index in [4.69, 9.17) is 15.0 Å². The average Bonchev–Trinajstić information content (AvgIpc) is 3.58. The molecule has 55 heavy (non-hydrogen) atoms. The molecule has 0 fully saturated rings. The maximum atomic E-state index is 5.10. The van der Waals surface area contributed by atoms with Crippen LogP contribution in [0.25, 0.3) is 67.5 Å². The monoisotopic (exact) mass is 701 g/mol. The lowest BCUT2D eigenvalue weighted by molar-refractivity contribution is 0.769. The number of aromatic nitrogens is 3. The topological polar surface area (TPSA) is 38.7 Å². The maximum Gasteiger partial charge on any atom is 0.164 e. The molecule has 0 spiro atoms. The normalized spacial score (nSPS) is 12.5. The van der Waals surface area contributed by atoms with Gasteiger partial charge in [-0.3, -0.25) is 0 Å². The van der Waals surface area contributed by atoms with Crippen molar-refractivity contribution in [3.8, 4) is 67.5 Å². The van der Waals surface area contributed by atoms with Gasteiger partial charge in [0, 0.05) is 16.7 Å². The molecule has 258 valence electrons. The van der Waals surface area contributed by atoms with Crippen molar-refractivity contribution < 1.29 is 0 Å². The van der Waals surface area contributed by atoms with Crippen LogP contribution in [0, 0.1) is 0 Å². The van der Waals surface area contributed by atoms with Gasteiger partial charge in [-0.2, -0.15) is 0 Å². The Morgan fingerprint density at radius 3 is 1.25 bits per heavy atom. The Bertz CT molecular complexity index is 2750. The number of benzene rings is 8. The quantitative estimate of drug-likeness (QED) is 0.166. The fourth-order valence-corrected chi connectivity index (χ4v) is 8.27. The summed E-state index contributed by atoms with van der Waals surface area (Å²) in [7, 11) is 0. The van der Waals surface area contributed by atoms with E-state index in [1.165, 1.54) is 38.9 Å². The Balaban J connectivity index is 1.09. The molecule has 0 saturated carbocycles.